The molecule has 0 saturated heterocycles. The molecule has 1 unspecified atom stereocenters. The highest BCUT2D eigenvalue weighted by molar-refractivity contribution is 6.01. The highest BCUT2D eigenvalue weighted by Gasteiger charge is 2.27. The topological polar surface area (TPSA) is 149 Å². The largest absolute Gasteiger partial charge is 0.507 e. The van der Waals surface area contributed by atoms with Crippen LogP contribution in [0.15, 0.2) is 72.0 Å². The molecule has 0 aliphatic heterocycles. The van der Waals surface area contributed by atoms with Gasteiger partial charge in [0.2, 0.25) is 0 Å². The van der Waals surface area contributed by atoms with E-state index in [9.17, 15) is 29.4 Å². The summed E-state index contributed by atoms with van der Waals surface area (Å²) in [4.78, 5) is 54.3. The maximum absolute atomic E-state index is 13.5. The Morgan fingerprint density at radius 2 is 1.57 bits per heavy atom. The molecular weight excluding hydrogens is 648 g/mol. The molecule has 11 nitrogen and oxygen atoms in total. The van der Waals surface area contributed by atoms with E-state index in [1.165, 1.54) is 28.0 Å². The van der Waals surface area contributed by atoms with Gasteiger partial charge in [-0.15, -0.1) is 0 Å². The summed E-state index contributed by atoms with van der Waals surface area (Å²) in [5, 5.41) is 26.2. The van der Waals surface area contributed by atoms with E-state index in [0.29, 0.717) is 41.4 Å². The average molecular weight is 707 g/mol. The number of anilines is 1. The first-order valence-corrected chi connectivity index (χ1v) is 17.7. The van der Waals surface area contributed by atoms with E-state index in [1.54, 1.807) is 52.2 Å². The summed E-state index contributed by atoms with van der Waals surface area (Å²) in [5.74, 6) is -1.76. The molecule has 11 heteroatoms. The smallest absolute Gasteiger partial charge is 0.329 e. The lowest BCUT2D eigenvalue weighted by atomic mass is 10.0. The van der Waals surface area contributed by atoms with Gasteiger partial charge in [-0.1, -0.05) is 71.9 Å². The van der Waals surface area contributed by atoms with Crippen molar-refractivity contribution in [3.05, 3.63) is 88.7 Å². The highest BCUT2D eigenvalue weighted by atomic mass is 16.5. The number of ether oxygens (including phenoxy) is 1. The number of aldehydes is 1. The number of carbonyl (C=O) groups excluding carboxylic acids is 4. The Bertz CT molecular complexity index is 1520. The second-order valence-corrected chi connectivity index (χ2v) is 12.1. The summed E-state index contributed by atoms with van der Waals surface area (Å²) in [6.45, 7) is 17.2. The number of likely N-dealkylation sites (N-methyl/N-ethyl adjacent to an activating group) is 1. The van der Waals surface area contributed by atoms with Crippen LogP contribution in [0.2, 0.25) is 0 Å². The second kappa shape index (κ2) is 22.7. The maximum Gasteiger partial charge on any atom is 0.329 e. The van der Waals surface area contributed by atoms with Crippen molar-refractivity contribution < 1.29 is 34.1 Å². The van der Waals surface area contributed by atoms with Gasteiger partial charge in [0.05, 0.1) is 11.8 Å². The number of amides is 3. The van der Waals surface area contributed by atoms with Crippen LogP contribution < -0.4 is 15.5 Å². The Hall–Kier alpha value is -4.90. The summed E-state index contributed by atoms with van der Waals surface area (Å²) in [5.41, 5.74) is 2.78. The summed E-state index contributed by atoms with van der Waals surface area (Å²) in [7, 11) is 3.25. The molecule has 0 spiro atoms. The van der Waals surface area contributed by atoms with Crippen LogP contribution in [0.25, 0.3) is 0 Å². The minimum atomic E-state index is -1.12. The van der Waals surface area contributed by atoms with Crippen molar-refractivity contribution in [1.82, 2.24) is 15.5 Å². The summed E-state index contributed by atoms with van der Waals surface area (Å²) >= 11 is 0. The molecule has 3 amide bonds. The van der Waals surface area contributed by atoms with Gasteiger partial charge >= 0.3 is 12.0 Å². The first kappa shape index (κ1) is 44.1. The van der Waals surface area contributed by atoms with Gasteiger partial charge in [-0.05, 0) is 80.6 Å². The third-order valence-corrected chi connectivity index (χ3v) is 7.57. The molecule has 1 atom stereocenters. The zero-order chi connectivity index (χ0) is 38.7. The Morgan fingerprint density at radius 3 is 2.16 bits per heavy atom. The van der Waals surface area contributed by atoms with Crippen molar-refractivity contribution in [3.8, 4) is 11.5 Å². The van der Waals surface area contributed by atoms with Crippen molar-refractivity contribution in [2.75, 3.05) is 25.5 Å². The number of hydrogen-bond donors (Lipinski definition) is 4. The van der Waals surface area contributed by atoms with Crippen molar-refractivity contribution >= 4 is 29.9 Å². The fraction of sp³-hybridized carbons (Fsp3) is 0.450. The van der Waals surface area contributed by atoms with Crippen LogP contribution in [-0.4, -0.2) is 72.1 Å². The van der Waals surface area contributed by atoms with Crippen LogP contribution in [-0.2, 0) is 16.1 Å². The van der Waals surface area contributed by atoms with Gasteiger partial charge in [-0.25, -0.2) is 9.59 Å². The number of carbonyl (C=O) groups is 4. The van der Waals surface area contributed by atoms with E-state index >= 15 is 0 Å². The molecule has 0 saturated carbocycles. The minimum Gasteiger partial charge on any atom is -0.507 e. The van der Waals surface area contributed by atoms with Gasteiger partial charge in [0, 0.05) is 38.3 Å². The van der Waals surface area contributed by atoms with E-state index in [2.05, 4.69) is 24.5 Å². The molecule has 51 heavy (non-hydrogen) atoms. The second-order valence-electron chi connectivity index (χ2n) is 12.1. The zero-order valence-electron chi connectivity index (χ0n) is 31.9. The third kappa shape index (κ3) is 13.7. The van der Waals surface area contributed by atoms with Crippen LogP contribution in [0, 0.1) is 5.92 Å². The molecule has 0 fully saturated rings. The Balaban J connectivity index is 0.00000313. The fourth-order valence-electron chi connectivity index (χ4n) is 4.97. The van der Waals surface area contributed by atoms with Crippen LogP contribution in [0.1, 0.15) is 101 Å². The highest BCUT2D eigenvalue weighted by Crippen LogP contribution is 2.27. The van der Waals surface area contributed by atoms with Gasteiger partial charge in [0.15, 0.2) is 6.29 Å². The first-order chi connectivity index (χ1) is 24.3. The van der Waals surface area contributed by atoms with Crippen molar-refractivity contribution in [1.29, 1.82) is 0 Å². The number of phenolic OH excluding ortho intramolecular Hbond substituents is 2. The zero-order valence-corrected chi connectivity index (χ0v) is 31.9. The fourth-order valence-corrected chi connectivity index (χ4v) is 4.97. The normalized spacial score (nSPS) is 12.5. The maximum atomic E-state index is 13.5. The summed E-state index contributed by atoms with van der Waals surface area (Å²) in [6, 6.07) is 7.89. The van der Waals surface area contributed by atoms with E-state index in [-0.39, 0.29) is 18.0 Å². The van der Waals surface area contributed by atoms with Gasteiger partial charge < -0.3 is 25.6 Å². The molecule has 280 valence electrons. The number of phenols is 2. The molecule has 4 N–H and O–H groups in total. The monoisotopic (exact) mass is 706 g/mol. The Morgan fingerprint density at radius 1 is 0.922 bits per heavy atom. The lowest BCUT2D eigenvalue weighted by Gasteiger charge is -2.27. The van der Waals surface area contributed by atoms with Crippen LogP contribution in [0.4, 0.5) is 10.5 Å². The molecule has 2 aromatic carbocycles. The number of nitrogens with zero attached hydrogens (tertiary/aromatic N) is 2. The summed E-state index contributed by atoms with van der Waals surface area (Å²) in [6.07, 6.45) is 9.04. The molecule has 2 aromatic rings. The Labute approximate surface area is 304 Å². The predicted molar refractivity (Wildman–Crippen MR) is 204 cm³/mol. The lowest BCUT2D eigenvalue weighted by Crippen LogP contribution is -2.42. The predicted octanol–water partition coefficient (Wildman–Crippen LogP) is 7.50. The van der Waals surface area contributed by atoms with Crippen molar-refractivity contribution in [3.63, 3.8) is 0 Å². The molecule has 1 aliphatic carbocycles. The van der Waals surface area contributed by atoms with Crippen LogP contribution >= 0.6 is 0 Å². The van der Waals surface area contributed by atoms with Crippen molar-refractivity contribution in [2.24, 2.45) is 5.92 Å². The third-order valence-electron chi connectivity index (χ3n) is 7.57. The number of aromatic hydroxyl groups is 2. The number of rotatable bonds is 14. The number of urea groups is 1. The average Bonchev–Trinajstić information content (AvgIpc) is 3.35. The molecule has 0 heterocycles. The minimum absolute atomic E-state index is 0.0577. The van der Waals surface area contributed by atoms with Gasteiger partial charge in [-0.2, -0.15) is 0 Å². The van der Waals surface area contributed by atoms with Crippen LogP contribution in [0.5, 0.6) is 11.5 Å². The molecule has 0 radical (unpaired) electrons. The van der Waals surface area contributed by atoms with Gasteiger partial charge in [0.25, 0.3) is 5.91 Å². The lowest BCUT2D eigenvalue weighted by molar-refractivity contribution is -0.149. The molecule has 0 aromatic heterocycles. The molecule has 3 rings (SSSR count). The van der Waals surface area contributed by atoms with E-state index in [0.717, 1.165) is 24.8 Å². The Kier molecular flexibility index (Phi) is 19.7. The number of nitrogens with one attached hydrogen (secondary N) is 2. The number of allylic oxidation sites excluding steroid dienone is 4. The molecule has 0 bridgehead atoms. The number of hydrogen-bond acceptors (Lipinski definition) is 8. The standard InChI is InChI=1S/C36H46N4O7.2C2H6/c1-23(2)17-18-37-21-26-14-16-30(27(19-26)22-41)40(6)36(46)39(5)28-10-7-9-25(13-15-28)20-29(35(45)47-24(3)4)38-34(44)33-31(42)11-8-12-32(33)43;2*1-2/h8-16,19,22-24,29,37,42-43H,7,17-18,20-21H2,1-6H3,(H,38,44);2*1-2H3. The van der Waals surface area contributed by atoms with E-state index in [4.69, 9.17) is 4.74 Å². The van der Waals surface area contributed by atoms with Crippen molar-refractivity contribution in [2.45, 2.75) is 93.3 Å². The SMILES string of the molecule is CC.CC.CC(C)CCNCc1ccc(N(C)C(=O)N(C)C2=CCC=C(CC(NC(=O)c3c(O)cccc3O)C(=O)OC(C)C)C=C2)c(C=O)c1. The van der Waals surface area contributed by atoms with E-state index in [1.807, 2.05) is 45.9 Å². The number of esters is 1. The first-order valence-electron chi connectivity index (χ1n) is 17.7. The van der Waals surface area contributed by atoms with Gasteiger partial charge in [-0.3, -0.25) is 19.4 Å². The number of benzene rings is 2. The molecular formula is C40H58N4O7. The summed E-state index contributed by atoms with van der Waals surface area (Å²) < 4.78 is 5.37. The van der Waals surface area contributed by atoms with Gasteiger partial charge in [0.1, 0.15) is 23.1 Å². The molecule has 1 aliphatic rings. The van der Waals surface area contributed by atoms with Crippen LogP contribution in [0.3, 0.4) is 0 Å². The van der Waals surface area contributed by atoms with E-state index < -0.39 is 35.5 Å². The quantitative estimate of drug-likeness (QED) is 0.0897.